The molecule has 182 valence electrons. The molecule has 0 radical (unpaired) electrons. The summed E-state index contributed by atoms with van der Waals surface area (Å²) in [6, 6.07) is 7.31. The van der Waals surface area contributed by atoms with Gasteiger partial charge in [-0.2, -0.15) is 13.2 Å². The van der Waals surface area contributed by atoms with Crippen molar-refractivity contribution in [1.29, 1.82) is 0 Å². The van der Waals surface area contributed by atoms with Crippen molar-refractivity contribution in [2.24, 2.45) is 0 Å². The number of aromatic amines is 1. The first kappa shape index (κ1) is 23.7. The number of fused-ring (bicyclic) bond motifs is 1. The predicted molar refractivity (Wildman–Crippen MR) is 115 cm³/mol. The van der Waals surface area contributed by atoms with E-state index in [4.69, 9.17) is 0 Å². The van der Waals surface area contributed by atoms with Gasteiger partial charge in [-0.15, -0.1) is 0 Å². The maximum atomic E-state index is 13.8. The average molecular weight is 493 g/mol. The Kier molecular flexibility index (Phi) is 6.16. The van der Waals surface area contributed by atoms with Crippen LogP contribution in [0.5, 0.6) is 0 Å². The number of hydrogen-bond acceptors (Lipinski definition) is 5. The molecular formula is C22H16F5N5O3. The van der Waals surface area contributed by atoms with Crippen molar-refractivity contribution in [1.82, 2.24) is 14.6 Å². The Labute approximate surface area is 193 Å². The molecule has 0 bridgehead atoms. The first-order valence-corrected chi connectivity index (χ1v) is 9.93. The molecule has 2 aromatic heterocycles. The smallest absolute Gasteiger partial charge is 0.419 e. The van der Waals surface area contributed by atoms with Gasteiger partial charge < -0.3 is 15.4 Å². The molecule has 0 unspecified atom stereocenters. The number of esters is 1. The van der Waals surface area contributed by atoms with Crippen LogP contribution < -0.4 is 10.6 Å². The van der Waals surface area contributed by atoms with Gasteiger partial charge in [0.05, 0.1) is 12.7 Å². The van der Waals surface area contributed by atoms with E-state index in [2.05, 4.69) is 25.5 Å². The number of carbonyl (C=O) groups is 2. The lowest BCUT2D eigenvalue weighted by Crippen LogP contribution is -2.16. The molecule has 1 amide bonds. The standard InChI is InChI=1S/C22H16F5N5O3/c1-35-17(33)10-28-20-18(11-2-7-16(24)15(8-11)22(25,26)27)31-19-14(9-29-32(19)20)21(34)30-13-5-3-12(23)4-6-13/h2-9,28-29H,10H2,1H3,(H,30,34). The number of benzene rings is 2. The monoisotopic (exact) mass is 493 g/mol. The molecule has 35 heavy (non-hydrogen) atoms. The lowest BCUT2D eigenvalue weighted by Gasteiger charge is -2.11. The minimum Gasteiger partial charge on any atom is -0.468 e. The van der Waals surface area contributed by atoms with E-state index in [9.17, 15) is 31.5 Å². The second kappa shape index (κ2) is 9.08. The maximum Gasteiger partial charge on any atom is 0.419 e. The van der Waals surface area contributed by atoms with Crippen molar-refractivity contribution in [2.75, 3.05) is 24.3 Å². The normalized spacial score (nSPS) is 11.5. The van der Waals surface area contributed by atoms with Gasteiger partial charge in [-0.3, -0.25) is 14.7 Å². The van der Waals surface area contributed by atoms with Gasteiger partial charge in [0.1, 0.15) is 29.4 Å². The molecule has 0 aliphatic rings. The number of hydrogen-bond donors (Lipinski definition) is 3. The van der Waals surface area contributed by atoms with Crippen LogP contribution in [-0.4, -0.2) is 40.1 Å². The summed E-state index contributed by atoms with van der Waals surface area (Å²) in [4.78, 5) is 28.7. The van der Waals surface area contributed by atoms with Gasteiger partial charge >= 0.3 is 12.1 Å². The zero-order valence-corrected chi connectivity index (χ0v) is 17.8. The number of amides is 1. The van der Waals surface area contributed by atoms with Gasteiger partial charge in [0.25, 0.3) is 5.91 Å². The van der Waals surface area contributed by atoms with E-state index in [1.54, 1.807) is 0 Å². The highest BCUT2D eigenvalue weighted by Gasteiger charge is 2.35. The van der Waals surface area contributed by atoms with Crippen molar-refractivity contribution in [3.63, 3.8) is 0 Å². The molecule has 0 atom stereocenters. The van der Waals surface area contributed by atoms with Crippen molar-refractivity contribution in [2.45, 2.75) is 6.18 Å². The van der Waals surface area contributed by atoms with Crippen LogP contribution in [0.25, 0.3) is 16.9 Å². The van der Waals surface area contributed by atoms with Crippen LogP contribution >= 0.6 is 0 Å². The Morgan fingerprint density at radius 3 is 2.49 bits per heavy atom. The number of halogens is 5. The zero-order chi connectivity index (χ0) is 25.3. The number of nitrogens with one attached hydrogen (secondary N) is 3. The van der Waals surface area contributed by atoms with Crippen LogP contribution in [0.1, 0.15) is 15.9 Å². The van der Waals surface area contributed by atoms with Crippen LogP contribution in [0.4, 0.5) is 33.5 Å². The fourth-order valence-corrected chi connectivity index (χ4v) is 3.30. The van der Waals surface area contributed by atoms with E-state index < -0.39 is 35.3 Å². The van der Waals surface area contributed by atoms with Crippen LogP contribution in [-0.2, 0) is 15.7 Å². The summed E-state index contributed by atoms with van der Waals surface area (Å²) >= 11 is 0. The number of nitrogens with zero attached hydrogens (tertiary/aromatic N) is 2. The summed E-state index contributed by atoms with van der Waals surface area (Å²) in [5.74, 6) is -3.25. The number of imidazole rings is 1. The predicted octanol–water partition coefficient (Wildman–Crippen LogP) is 4.46. The molecule has 2 heterocycles. The molecular weight excluding hydrogens is 477 g/mol. The van der Waals surface area contributed by atoms with Crippen LogP contribution in [0.3, 0.4) is 0 Å². The Bertz CT molecular complexity index is 1410. The summed E-state index contributed by atoms with van der Waals surface area (Å²) in [5, 5.41) is 8.01. The van der Waals surface area contributed by atoms with Crippen molar-refractivity contribution >= 4 is 29.0 Å². The highest BCUT2D eigenvalue weighted by molar-refractivity contribution is 6.08. The topological polar surface area (TPSA) is 101 Å². The van der Waals surface area contributed by atoms with E-state index in [0.717, 1.165) is 25.3 Å². The Hall–Kier alpha value is -4.42. The average Bonchev–Trinajstić information content (AvgIpc) is 3.38. The number of methoxy groups -OCH3 is 1. The number of rotatable bonds is 6. The second-order valence-electron chi connectivity index (χ2n) is 7.24. The lowest BCUT2D eigenvalue weighted by molar-refractivity contribution is -0.140. The first-order chi connectivity index (χ1) is 16.6. The van der Waals surface area contributed by atoms with Crippen molar-refractivity contribution in [3.05, 3.63) is 71.4 Å². The number of aromatic nitrogens is 3. The highest BCUT2D eigenvalue weighted by Crippen LogP contribution is 2.36. The quantitative estimate of drug-likeness (QED) is 0.272. The summed E-state index contributed by atoms with van der Waals surface area (Å²) in [7, 11) is 1.15. The zero-order valence-electron chi connectivity index (χ0n) is 17.8. The number of anilines is 2. The molecule has 4 aromatic rings. The summed E-state index contributed by atoms with van der Waals surface area (Å²) in [6.07, 6.45) is -3.67. The molecule has 0 saturated heterocycles. The molecule has 0 saturated carbocycles. The third-order valence-corrected chi connectivity index (χ3v) is 4.98. The molecule has 0 fully saturated rings. The summed E-state index contributed by atoms with van der Waals surface area (Å²) in [6.45, 7) is -0.374. The molecule has 0 aliphatic heterocycles. The fraction of sp³-hybridized carbons (Fsp3) is 0.136. The van der Waals surface area contributed by atoms with Crippen LogP contribution in [0.2, 0.25) is 0 Å². The molecule has 0 aliphatic carbocycles. The minimum atomic E-state index is -4.96. The van der Waals surface area contributed by atoms with Crippen molar-refractivity contribution in [3.8, 4) is 11.3 Å². The highest BCUT2D eigenvalue weighted by atomic mass is 19.4. The van der Waals surface area contributed by atoms with E-state index >= 15 is 0 Å². The van der Waals surface area contributed by atoms with Gasteiger partial charge in [0, 0.05) is 17.4 Å². The SMILES string of the molecule is COC(=O)CNc1c(-c2ccc(F)c(C(F)(F)F)c2)nc2c(C(=O)Nc3ccc(F)cc3)c[nH]n12. The molecule has 4 rings (SSSR count). The maximum absolute atomic E-state index is 13.8. The van der Waals surface area contributed by atoms with Gasteiger partial charge in [-0.1, -0.05) is 0 Å². The van der Waals surface area contributed by atoms with Crippen molar-refractivity contribution < 1.29 is 36.3 Å². The largest absolute Gasteiger partial charge is 0.468 e. The first-order valence-electron chi connectivity index (χ1n) is 9.93. The molecule has 3 N–H and O–H groups in total. The molecule has 0 spiro atoms. The van der Waals surface area contributed by atoms with Gasteiger partial charge in [-0.05, 0) is 42.5 Å². The van der Waals surface area contributed by atoms with E-state index in [0.29, 0.717) is 17.8 Å². The number of ether oxygens (including phenoxy) is 1. The van der Waals surface area contributed by atoms with Crippen LogP contribution in [0, 0.1) is 11.6 Å². The summed E-state index contributed by atoms with van der Waals surface area (Å²) in [5.41, 5.74) is -1.40. The number of alkyl halides is 3. The Morgan fingerprint density at radius 2 is 1.83 bits per heavy atom. The molecule has 13 heteroatoms. The minimum absolute atomic E-state index is 0.000139. The van der Waals surface area contributed by atoms with E-state index in [1.165, 1.54) is 22.8 Å². The van der Waals surface area contributed by atoms with Gasteiger partial charge in [-0.25, -0.2) is 18.3 Å². The molecule has 2 aromatic carbocycles. The Balaban J connectivity index is 1.79. The van der Waals surface area contributed by atoms with E-state index in [-0.39, 0.29) is 34.8 Å². The second-order valence-corrected chi connectivity index (χ2v) is 7.24. The lowest BCUT2D eigenvalue weighted by atomic mass is 10.1. The number of carbonyl (C=O) groups excluding carboxylic acids is 2. The number of H-pyrrole nitrogens is 1. The van der Waals surface area contributed by atoms with Gasteiger partial charge in [0.2, 0.25) is 0 Å². The molecule has 8 nitrogen and oxygen atoms in total. The third-order valence-electron chi connectivity index (χ3n) is 4.98. The fourth-order valence-electron chi connectivity index (χ4n) is 3.30. The van der Waals surface area contributed by atoms with Crippen LogP contribution in [0.15, 0.2) is 48.7 Å². The van der Waals surface area contributed by atoms with E-state index in [1.807, 2.05) is 0 Å². The van der Waals surface area contributed by atoms with Gasteiger partial charge in [0.15, 0.2) is 11.5 Å². The third kappa shape index (κ3) is 4.78. The Morgan fingerprint density at radius 1 is 1.11 bits per heavy atom. The summed E-state index contributed by atoms with van der Waals surface area (Å²) < 4.78 is 72.6.